The molecule has 4 N–H and O–H groups in total. The van der Waals surface area contributed by atoms with Gasteiger partial charge in [0.05, 0.1) is 34.3 Å². The number of ether oxygens (including phenoxy) is 4. The monoisotopic (exact) mass is 569 g/mol. The van der Waals surface area contributed by atoms with Gasteiger partial charge in [0, 0.05) is 54.8 Å². The molecule has 1 aliphatic heterocycles. The number of aromatic hydroxyl groups is 2. The van der Waals surface area contributed by atoms with Crippen LogP contribution in [0.1, 0.15) is 52.9 Å². The number of phenolic OH excluding ortho intramolecular Hbond substituents is 2. The van der Waals surface area contributed by atoms with Crippen molar-refractivity contribution in [3.63, 3.8) is 0 Å². The number of nitrogens with one attached hydrogen (secondary N) is 1. The van der Waals surface area contributed by atoms with E-state index in [-0.39, 0.29) is 69.2 Å². The van der Waals surface area contributed by atoms with Gasteiger partial charge >= 0.3 is 0 Å². The van der Waals surface area contributed by atoms with E-state index in [2.05, 4.69) is 4.98 Å². The number of halogens is 1. The summed E-state index contributed by atoms with van der Waals surface area (Å²) in [5.41, 5.74) is 0.568. The second kappa shape index (κ2) is 8.69. The van der Waals surface area contributed by atoms with Crippen molar-refractivity contribution in [3.05, 3.63) is 59.8 Å². The molecule has 4 aromatic rings. The molecule has 0 bridgehead atoms. The lowest BCUT2D eigenvalue weighted by molar-refractivity contribution is -0.0709. The summed E-state index contributed by atoms with van der Waals surface area (Å²) in [7, 11) is 2.80. The lowest BCUT2D eigenvalue weighted by Crippen LogP contribution is -2.34. The predicted octanol–water partition coefficient (Wildman–Crippen LogP) is 3.78. The lowest BCUT2D eigenvalue weighted by atomic mass is 9.79. The van der Waals surface area contributed by atoms with Crippen LogP contribution in [0.25, 0.3) is 32.9 Å². The Bertz CT molecular complexity index is 1890. The van der Waals surface area contributed by atoms with Crippen LogP contribution in [0.4, 0.5) is 0 Å². The van der Waals surface area contributed by atoms with E-state index in [1.54, 1.807) is 13.0 Å². The topological polar surface area (TPSA) is 161 Å². The number of pyridine rings is 1. The number of aromatic amines is 1. The van der Waals surface area contributed by atoms with Crippen molar-refractivity contribution in [1.29, 1.82) is 0 Å². The summed E-state index contributed by atoms with van der Waals surface area (Å²) in [6, 6.07) is 1.70. The van der Waals surface area contributed by atoms with Crippen molar-refractivity contribution < 1.29 is 38.7 Å². The molecule has 11 nitrogen and oxygen atoms in total. The first kappa shape index (κ1) is 25.4. The first-order valence-electron chi connectivity index (χ1n) is 12.6. The van der Waals surface area contributed by atoms with E-state index in [4.69, 9.17) is 35.0 Å². The van der Waals surface area contributed by atoms with Crippen LogP contribution in [-0.4, -0.2) is 47.4 Å². The Morgan fingerprint density at radius 2 is 1.82 bits per heavy atom. The van der Waals surface area contributed by atoms with Gasteiger partial charge < -0.3 is 43.7 Å². The number of hydrogen-bond donors (Lipinski definition) is 4. The van der Waals surface area contributed by atoms with Crippen molar-refractivity contribution in [3.8, 4) is 28.4 Å². The van der Waals surface area contributed by atoms with E-state index < -0.39 is 46.9 Å². The van der Waals surface area contributed by atoms with E-state index in [9.17, 15) is 24.9 Å². The van der Waals surface area contributed by atoms with E-state index in [0.717, 1.165) is 0 Å². The Morgan fingerprint density at radius 3 is 2.55 bits per heavy atom. The zero-order valence-corrected chi connectivity index (χ0v) is 22.3. The maximum Gasteiger partial charge on any atom is 0.259 e. The second-order valence-corrected chi connectivity index (χ2v) is 10.6. The molecule has 0 unspecified atom stereocenters. The van der Waals surface area contributed by atoms with Gasteiger partial charge in [-0.1, -0.05) is 11.6 Å². The van der Waals surface area contributed by atoms with E-state index in [1.165, 1.54) is 14.2 Å². The molecule has 208 valence electrons. The quantitative estimate of drug-likeness (QED) is 0.279. The van der Waals surface area contributed by atoms with Gasteiger partial charge in [-0.15, -0.1) is 0 Å². The number of aromatic nitrogens is 1. The van der Waals surface area contributed by atoms with Gasteiger partial charge in [-0.2, -0.15) is 0 Å². The number of aryl methyl sites for hydroxylation is 1. The van der Waals surface area contributed by atoms with E-state index >= 15 is 0 Å². The summed E-state index contributed by atoms with van der Waals surface area (Å²) in [6.45, 7) is 1.49. The van der Waals surface area contributed by atoms with Crippen molar-refractivity contribution in [2.45, 2.75) is 44.2 Å². The van der Waals surface area contributed by atoms with Crippen molar-refractivity contribution in [2.75, 3.05) is 21.0 Å². The largest absolute Gasteiger partial charge is 0.506 e. The van der Waals surface area contributed by atoms with Gasteiger partial charge in [-0.3, -0.25) is 9.59 Å². The molecular weight excluding hydrogens is 546 g/mol. The van der Waals surface area contributed by atoms with Gasteiger partial charge in [0.25, 0.3) is 5.56 Å². The summed E-state index contributed by atoms with van der Waals surface area (Å²) in [4.78, 5) is 29.6. The summed E-state index contributed by atoms with van der Waals surface area (Å²) >= 11 is 6.50. The molecule has 2 aliphatic carbocycles. The third kappa shape index (κ3) is 3.15. The van der Waals surface area contributed by atoms with Crippen molar-refractivity contribution in [1.82, 2.24) is 4.98 Å². The van der Waals surface area contributed by atoms with Crippen LogP contribution < -0.4 is 15.7 Å². The average Bonchev–Trinajstić information content (AvgIpc) is 2.92. The second-order valence-electron chi connectivity index (χ2n) is 10.3. The highest BCUT2D eigenvalue weighted by molar-refractivity contribution is 6.36. The molecule has 12 heteroatoms. The fourth-order valence-corrected chi connectivity index (χ4v) is 6.63. The summed E-state index contributed by atoms with van der Waals surface area (Å²) < 4.78 is 28.9. The maximum absolute atomic E-state index is 14.1. The SMILES string of the molecule is CO[C@H]1C[C@@H](O)[C@H](OC)c2oc3c4c5c(c(O)c3c(=O)c21)-c1c(cc2c(Cl)c(C)[nH]c(=O)c2c1O)C[C@H]5OCO4. The summed E-state index contributed by atoms with van der Waals surface area (Å²) in [5, 5.41) is 34.3. The Hall–Kier alpha value is -3.61. The molecule has 0 fully saturated rings. The van der Waals surface area contributed by atoms with Crippen LogP contribution in [0.15, 0.2) is 20.1 Å². The zero-order chi connectivity index (χ0) is 28.2. The summed E-state index contributed by atoms with van der Waals surface area (Å²) in [6.07, 6.45) is -3.08. The normalized spacial score (nSPS) is 23.0. The fourth-order valence-electron chi connectivity index (χ4n) is 6.44. The highest BCUT2D eigenvalue weighted by atomic mass is 35.5. The Balaban J connectivity index is 1.64. The van der Waals surface area contributed by atoms with Crippen LogP contribution in [0.5, 0.6) is 17.2 Å². The highest BCUT2D eigenvalue weighted by Gasteiger charge is 2.43. The molecule has 2 aromatic carbocycles. The number of methoxy groups -OCH3 is 2. The number of hydrogen-bond acceptors (Lipinski definition) is 10. The zero-order valence-electron chi connectivity index (χ0n) is 21.6. The Morgan fingerprint density at radius 1 is 1.07 bits per heavy atom. The van der Waals surface area contributed by atoms with Crippen LogP contribution in [0, 0.1) is 6.92 Å². The first-order chi connectivity index (χ1) is 19.2. The Kier molecular flexibility index (Phi) is 5.51. The molecule has 0 saturated carbocycles. The van der Waals surface area contributed by atoms with Crippen LogP contribution in [0.2, 0.25) is 5.02 Å². The van der Waals surface area contributed by atoms with Crippen LogP contribution >= 0.6 is 11.6 Å². The smallest absolute Gasteiger partial charge is 0.259 e. The number of rotatable bonds is 2. The first-order valence-corrected chi connectivity index (χ1v) is 13.0. The molecular formula is C28H24ClNO10. The molecule has 3 heterocycles. The van der Waals surface area contributed by atoms with Crippen molar-refractivity contribution >= 4 is 33.3 Å². The van der Waals surface area contributed by atoms with E-state index in [0.29, 0.717) is 22.2 Å². The molecule has 3 aliphatic rings. The third-order valence-electron chi connectivity index (χ3n) is 8.22. The van der Waals surface area contributed by atoms with Gasteiger partial charge in [0.1, 0.15) is 28.7 Å². The van der Waals surface area contributed by atoms with Gasteiger partial charge in [-0.05, 0) is 18.6 Å². The van der Waals surface area contributed by atoms with E-state index in [1.807, 2.05) is 0 Å². The molecule has 2 aromatic heterocycles. The number of phenols is 2. The number of H-pyrrole nitrogens is 1. The van der Waals surface area contributed by atoms with Gasteiger partial charge in [0.15, 0.2) is 18.1 Å². The van der Waals surface area contributed by atoms with Gasteiger partial charge in [-0.25, -0.2) is 0 Å². The fraction of sp³-hybridized carbons (Fsp3) is 0.357. The van der Waals surface area contributed by atoms with Crippen LogP contribution in [-0.2, 0) is 20.6 Å². The number of aliphatic hydroxyl groups excluding tert-OH is 1. The molecule has 0 radical (unpaired) electrons. The lowest BCUT2D eigenvalue weighted by Gasteiger charge is -2.36. The molecule has 0 amide bonds. The minimum Gasteiger partial charge on any atom is -0.506 e. The molecule has 4 atom stereocenters. The number of fused-ring (bicyclic) bond motifs is 6. The summed E-state index contributed by atoms with van der Waals surface area (Å²) in [5.74, 6) is -0.626. The average molecular weight is 570 g/mol. The number of aliphatic hydroxyl groups is 1. The Labute approximate surface area is 230 Å². The standard InChI is InChI=1S/C28H24ClNO10/c1-8-20(29)10-4-9-5-13-16-18(14(9)21(32)15(10)28(35)30-8)23(34)19-22(33)17-12(36-2)6-11(31)24(37-3)26(17)40-27(19)25(16)39-7-38-13/h4,11-13,24,31-32,34H,5-7H2,1-3H3,(H,30,35)/t11-,12+,13-,24+/m1/s1. The van der Waals surface area contributed by atoms with Crippen LogP contribution in [0.3, 0.4) is 0 Å². The van der Waals surface area contributed by atoms with Crippen molar-refractivity contribution in [2.24, 2.45) is 0 Å². The minimum atomic E-state index is -1.01. The minimum absolute atomic E-state index is 0.0421. The third-order valence-corrected chi connectivity index (χ3v) is 8.71. The van der Waals surface area contributed by atoms with Gasteiger partial charge in [0.2, 0.25) is 5.43 Å². The molecule has 40 heavy (non-hydrogen) atoms. The molecule has 0 saturated heterocycles. The molecule has 7 rings (SSSR count). The predicted molar refractivity (Wildman–Crippen MR) is 142 cm³/mol. The maximum atomic E-state index is 14.1. The number of benzene rings is 2. The highest BCUT2D eigenvalue weighted by Crippen LogP contribution is 2.57. The molecule has 0 spiro atoms.